The van der Waals surface area contributed by atoms with Crippen molar-refractivity contribution in [2.24, 2.45) is 5.73 Å². The molecule has 0 rings (SSSR count). The second kappa shape index (κ2) is 31.9. The fraction of sp³-hybridized carbons (Fsp3) is 0.750. The highest BCUT2D eigenvalue weighted by Crippen LogP contribution is 2.43. The highest BCUT2D eigenvalue weighted by Gasteiger charge is 2.28. The molecule has 0 fully saturated rings. The number of carboxylic acids is 1. The van der Waals surface area contributed by atoms with Gasteiger partial charge < -0.3 is 25.2 Å². The fourth-order valence-corrected chi connectivity index (χ4v) is 5.33. The van der Waals surface area contributed by atoms with Crippen LogP contribution >= 0.6 is 7.82 Å². The molecule has 0 aromatic rings. The Bertz CT molecular complexity index is 968. The number of nitrogens with two attached hydrogens (primary N) is 1. The molecule has 11 nitrogen and oxygen atoms in total. The molecule has 12 heteroatoms. The summed E-state index contributed by atoms with van der Waals surface area (Å²) in [5.41, 5.74) is 5.30. The van der Waals surface area contributed by atoms with Crippen LogP contribution in [0.15, 0.2) is 36.5 Å². The number of esters is 2. The van der Waals surface area contributed by atoms with Crippen LogP contribution in [0.1, 0.15) is 142 Å². The minimum absolute atomic E-state index is 0.142. The van der Waals surface area contributed by atoms with Gasteiger partial charge in [0.05, 0.1) is 13.2 Å². The highest BCUT2D eigenvalue weighted by atomic mass is 31.2. The van der Waals surface area contributed by atoms with E-state index in [1.807, 2.05) is 0 Å². The number of aliphatic carboxylic acids is 1. The van der Waals surface area contributed by atoms with Gasteiger partial charge in [0.2, 0.25) is 0 Å². The summed E-state index contributed by atoms with van der Waals surface area (Å²) in [6.45, 7) is 2.61. The summed E-state index contributed by atoms with van der Waals surface area (Å²) < 4.78 is 32.4. The smallest absolute Gasteiger partial charge is 0.472 e. The molecule has 3 unspecified atom stereocenters. The standard InChI is InChI=1S/C36H64NO10P/c1-3-5-7-9-11-13-14-15-16-17-18-20-22-24-26-28-35(39)47-32(30-45-48(42,43)46-31-33(37)36(40)41)29-44-34(38)27-25-23-21-19-12-10-8-6-4-2/h5,7,11,13,15-16,32-33H,3-4,6,8-10,12,14,17-31,37H2,1-2H3,(H,40,41)(H,42,43)/b7-5-,13-11-,16-15-. The highest BCUT2D eigenvalue weighted by molar-refractivity contribution is 7.47. The van der Waals surface area contributed by atoms with E-state index in [-0.39, 0.29) is 19.4 Å². The fourth-order valence-electron chi connectivity index (χ4n) is 4.55. The average Bonchev–Trinajstić information content (AvgIpc) is 3.05. The molecule has 48 heavy (non-hydrogen) atoms. The van der Waals surface area contributed by atoms with Crippen molar-refractivity contribution >= 4 is 25.7 Å². The number of carboxylic acid groups (broad SMARTS) is 1. The third-order valence-corrected chi connectivity index (χ3v) is 8.35. The first-order valence-corrected chi connectivity index (χ1v) is 19.5. The number of carbonyl (C=O) groups is 3. The van der Waals surface area contributed by atoms with Gasteiger partial charge in [0.25, 0.3) is 0 Å². The third kappa shape index (κ3) is 31.0. The minimum atomic E-state index is -4.71. The summed E-state index contributed by atoms with van der Waals surface area (Å²) in [5, 5.41) is 8.84. The molecule has 0 saturated heterocycles. The number of hydrogen-bond acceptors (Lipinski definition) is 9. The van der Waals surface area contributed by atoms with Crippen LogP contribution < -0.4 is 5.73 Å². The van der Waals surface area contributed by atoms with Crippen LogP contribution in [0.2, 0.25) is 0 Å². The summed E-state index contributed by atoms with van der Waals surface area (Å²) in [7, 11) is -4.71. The van der Waals surface area contributed by atoms with Gasteiger partial charge in [0, 0.05) is 12.8 Å². The Morgan fingerprint density at radius 1 is 0.667 bits per heavy atom. The van der Waals surface area contributed by atoms with E-state index < -0.39 is 51.1 Å². The maximum atomic E-state index is 12.5. The molecule has 0 spiro atoms. The Kier molecular flexibility index (Phi) is 30.4. The number of hydrogen-bond donors (Lipinski definition) is 3. The van der Waals surface area contributed by atoms with Crippen LogP contribution in [0, 0.1) is 0 Å². The van der Waals surface area contributed by atoms with Crippen molar-refractivity contribution in [2.75, 3.05) is 19.8 Å². The molecular weight excluding hydrogens is 637 g/mol. The zero-order chi connectivity index (χ0) is 35.7. The van der Waals surface area contributed by atoms with Gasteiger partial charge in [-0.1, -0.05) is 121 Å². The second-order valence-corrected chi connectivity index (χ2v) is 13.4. The summed E-state index contributed by atoms with van der Waals surface area (Å²) in [6, 6.07) is -1.52. The predicted molar refractivity (Wildman–Crippen MR) is 189 cm³/mol. The van der Waals surface area contributed by atoms with Gasteiger partial charge in [-0.25, -0.2) is 4.57 Å². The van der Waals surface area contributed by atoms with Crippen molar-refractivity contribution in [1.82, 2.24) is 0 Å². The largest absolute Gasteiger partial charge is 0.480 e. The number of phosphoric ester groups is 1. The van der Waals surface area contributed by atoms with E-state index in [2.05, 4.69) is 54.8 Å². The molecule has 0 aliphatic carbocycles. The van der Waals surface area contributed by atoms with Crippen LogP contribution in [0.4, 0.5) is 0 Å². The normalized spacial score (nSPS) is 14.4. The van der Waals surface area contributed by atoms with Crippen LogP contribution in [0.3, 0.4) is 0 Å². The lowest BCUT2D eigenvalue weighted by Crippen LogP contribution is -2.34. The van der Waals surface area contributed by atoms with Gasteiger partial charge in [-0.3, -0.25) is 23.4 Å². The van der Waals surface area contributed by atoms with Crippen LogP contribution in [0.5, 0.6) is 0 Å². The first kappa shape index (κ1) is 45.7. The molecule has 0 saturated carbocycles. The van der Waals surface area contributed by atoms with Crippen LogP contribution in [-0.2, 0) is 37.5 Å². The zero-order valence-corrected chi connectivity index (χ0v) is 30.5. The van der Waals surface area contributed by atoms with Crippen molar-refractivity contribution in [3.63, 3.8) is 0 Å². The number of unbranched alkanes of at least 4 members (excludes halogenated alkanes) is 13. The first-order chi connectivity index (χ1) is 23.1. The SMILES string of the molecule is CC/C=C\C/C=C\C/C=C\CCCCCCCC(=O)OC(COC(=O)CCCCCCCCCCC)COP(=O)(O)OCC(N)C(=O)O. The maximum Gasteiger partial charge on any atom is 0.472 e. The molecular formula is C36H64NO10P. The summed E-state index contributed by atoms with van der Waals surface area (Å²) in [6.07, 6.45) is 30.8. The van der Waals surface area contributed by atoms with E-state index in [0.29, 0.717) is 12.8 Å². The summed E-state index contributed by atoms with van der Waals surface area (Å²) in [4.78, 5) is 45.6. The van der Waals surface area contributed by atoms with Gasteiger partial charge >= 0.3 is 25.7 Å². The molecule has 0 aliphatic rings. The number of rotatable bonds is 33. The lowest BCUT2D eigenvalue weighted by Gasteiger charge is -2.20. The first-order valence-electron chi connectivity index (χ1n) is 18.0. The van der Waals surface area contributed by atoms with E-state index in [1.54, 1.807) is 0 Å². The Hall–Kier alpha value is -2.30. The van der Waals surface area contributed by atoms with Crippen molar-refractivity contribution in [3.8, 4) is 0 Å². The average molecular weight is 702 g/mol. The number of phosphoric acid groups is 1. The number of allylic oxidation sites excluding steroid dienone is 6. The van der Waals surface area contributed by atoms with E-state index in [9.17, 15) is 23.8 Å². The third-order valence-electron chi connectivity index (χ3n) is 7.40. The quantitative estimate of drug-likeness (QED) is 0.0259. The van der Waals surface area contributed by atoms with E-state index in [1.165, 1.54) is 32.1 Å². The van der Waals surface area contributed by atoms with Gasteiger partial charge in [-0.15, -0.1) is 0 Å². The van der Waals surface area contributed by atoms with Crippen molar-refractivity contribution in [2.45, 2.75) is 154 Å². The monoisotopic (exact) mass is 701 g/mol. The summed E-state index contributed by atoms with van der Waals surface area (Å²) in [5.74, 6) is -2.41. The van der Waals surface area contributed by atoms with Crippen molar-refractivity contribution in [3.05, 3.63) is 36.5 Å². The Labute approximate surface area is 289 Å². The van der Waals surface area contributed by atoms with Crippen LogP contribution in [-0.4, -0.2) is 59.9 Å². The van der Waals surface area contributed by atoms with Crippen molar-refractivity contribution in [1.29, 1.82) is 0 Å². The number of carbonyl (C=O) groups excluding carboxylic acids is 2. The topological polar surface area (TPSA) is 172 Å². The van der Waals surface area contributed by atoms with Crippen molar-refractivity contribution < 1.29 is 47.5 Å². The molecule has 278 valence electrons. The number of ether oxygens (including phenoxy) is 2. The Morgan fingerprint density at radius 2 is 1.17 bits per heavy atom. The predicted octanol–water partition coefficient (Wildman–Crippen LogP) is 8.50. The molecule has 0 aliphatic heterocycles. The molecule has 4 N–H and O–H groups in total. The van der Waals surface area contributed by atoms with Gasteiger partial charge in [0.15, 0.2) is 6.10 Å². The lowest BCUT2D eigenvalue weighted by atomic mass is 10.1. The van der Waals surface area contributed by atoms with E-state index in [0.717, 1.165) is 70.6 Å². The van der Waals surface area contributed by atoms with Crippen LogP contribution in [0.25, 0.3) is 0 Å². The molecule has 0 radical (unpaired) electrons. The Balaban J connectivity index is 4.49. The molecule has 3 atom stereocenters. The zero-order valence-electron chi connectivity index (χ0n) is 29.6. The van der Waals surface area contributed by atoms with E-state index in [4.69, 9.17) is 24.8 Å². The minimum Gasteiger partial charge on any atom is -0.480 e. The molecule has 0 aromatic carbocycles. The molecule has 0 aromatic heterocycles. The lowest BCUT2D eigenvalue weighted by molar-refractivity contribution is -0.161. The van der Waals surface area contributed by atoms with E-state index >= 15 is 0 Å². The Morgan fingerprint density at radius 3 is 1.75 bits per heavy atom. The second-order valence-electron chi connectivity index (χ2n) is 12.0. The maximum absolute atomic E-state index is 12.5. The van der Waals surface area contributed by atoms with Gasteiger partial charge in [0.1, 0.15) is 12.6 Å². The van der Waals surface area contributed by atoms with Gasteiger partial charge in [-0.05, 0) is 44.9 Å². The summed E-state index contributed by atoms with van der Waals surface area (Å²) >= 11 is 0. The molecule has 0 amide bonds. The molecule has 0 heterocycles. The molecule has 0 bridgehead atoms. The van der Waals surface area contributed by atoms with Gasteiger partial charge in [-0.2, -0.15) is 0 Å².